The molecule has 0 spiro atoms. The predicted octanol–water partition coefficient (Wildman–Crippen LogP) is 3.08. The zero-order chi connectivity index (χ0) is 22.9. The van der Waals surface area contributed by atoms with Crippen molar-refractivity contribution in [2.45, 2.75) is 11.8 Å². The topological polar surface area (TPSA) is 103 Å². The molecule has 0 unspecified atom stereocenters. The Morgan fingerprint density at radius 3 is 2.38 bits per heavy atom. The van der Waals surface area contributed by atoms with E-state index >= 15 is 0 Å². The van der Waals surface area contributed by atoms with Crippen molar-refractivity contribution in [1.29, 1.82) is 0 Å². The number of aromatic amines is 1. The summed E-state index contributed by atoms with van der Waals surface area (Å²) in [4.78, 5) is 26.4. The molecule has 2 aromatic carbocycles. The molecular weight excluding hydrogens is 452 g/mol. The normalized spacial score (nSPS) is 15.0. The van der Waals surface area contributed by atoms with Crippen LogP contribution in [0, 0.1) is 0 Å². The van der Waals surface area contributed by atoms with Crippen molar-refractivity contribution in [3.8, 4) is 11.3 Å². The first-order valence-corrected chi connectivity index (χ1v) is 11.8. The zero-order valence-electron chi connectivity index (χ0n) is 17.3. The fourth-order valence-electron chi connectivity index (χ4n) is 3.61. The van der Waals surface area contributed by atoms with Crippen LogP contribution in [0.5, 0.6) is 0 Å². The second kappa shape index (κ2) is 8.85. The fraction of sp³-hybridized carbons (Fsp3) is 0.227. The van der Waals surface area contributed by atoms with Crippen molar-refractivity contribution in [2.24, 2.45) is 0 Å². The van der Waals surface area contributed by atoms with Crippen molar-refractivity contribution in [1.82, 2.24) is 19.4 Å². The maximum absolute atomic E-state index is 13.1. The third kappa shape index (κ3) is 4.32. The van der Waals surface area contributed by atoms with Crippen LogP contribution in [0.3, 0.4) is 0 Å². The molecule has 1 amide bonds. The molecular formula is C22H21ClN4O4S. The summed E-state index contributed by atoms with van der Waals surface area (Å²) in [6, 6.07) is 13.1. The number of Topliss-reactive ketones (excluding diaryl/α,β-unsaturated/α-hetero) is 1. The molecule has 4 rings (SSSR count). The highest BCUT2D eigenvalue weighted by atomic mass is 35.5. The molecule has 0 atom stereocenters. The number of sulfonamides is 1. The Morgan fingerprint density at radius 2 is 1.72 bits per heavy atom. The van der Waals surface area contributed by atoms with E-state index in [-0.39, 0.29) is 42.8 Å². The number of nitrogens with zero attached hydrogens (tertiary/aromatic N) is 3. The summed E-state index contributed by atoms with van der Waals surface area (Å²) in [6.45, 7) is 2.20. The summed E-state index contributed by atoms with van der Waals surface area (Å²) in [7, 11) is -3.76. The zero-order valence-corrected chi connectivity index (χ0v) is 18.9. The number of rotatable bonds is 5. The molecule has 166 valence electrons. The molecule has 32 heavy (non-hydrogen) atoms. The SMILES string of the molecule is CC(=O)c1cccc(S(=O)(=O)N2CCN(C(=O)c3cn[nH]c3-c3ccc(Cl)cc3)CC2)c1. The number of hydrogen-bond donors (Lipinski definition) is 1. The van der Waals surface area contributed by atoms with E-state index in [1.807, 2.05) is 0 Å². The number of piperazine rings is 1. The standard InChI is InChI=1S/C22H21ClN4O4S/c1-15(28)17-3-2-4-19(13-17)32(30,31)27-11-9-26(10-12-27)22(29)20-14-24-25-21(20)16-5-7-18(23)8-6-16/h2-8,13-14H,9-12H2,1H3,(H,24,25). The van der Waals surface area contributed by atoms with Crippen LogP contribution in [0.4, 0.5) is 0 Å². The predicted molar refractivity (Wildman–Crippen MR) is 120 cm³/mol. The summed E-state index contributed by atoms with van der Waals surface area (Å²) in [5, 5.41) is 7.46. The van der Waals surface area contributed by atoms with E-state index in [1.165, 1.54) is 29.6 Å². The lowest BCUT2D eigenvalue weighted by molar-refractivity contribution is 0.0698. The van der Waals surface area contributed by atoms with Crippen molar-refractivity contribution in [3.05, 3.63) is 70.9 Å². The van der Waals surface area contributed by atoms with Gasteiger partial charge in [0, 0.05) is 42.3 Å². The number of hydrogen-bond acceptors (Lipinski definition) is 5. The van der Waals surface area contributed by atoms with Crippen LogP contribution in [-0.4, -0.2) is 65.7 Å². The molecule has 1 aliphatic heterocycles. The fourth-order valence-corrected chi connectivity index (χ4v) is 5.21. The lowest BCUT2D eigenvalue weighted by Crippen LogP contribution is -2.50. The lowest BCUT2D eigenvalue weighted by atomic mass is 10.1. The Hall–Kier alpha value is -3.01. The van der Waals surface area contributed by atoms with Gasteiger partial charge >= 0.3 is 0 Å². The van der Waals surface area contributed by atoms with Gasteiger partial charge in [-0.2, -0.15) is 9.40 Å². The highest BCUT2D eigenvalue weighted by Crippen LogP contribution is 2.25. The van der Waals surface area contributed by atoms with Crippen LogP contribution in [0.2, 0.25) is 5.02 Å². The summed E-state index contributed by atoms with van der Waals surface area (Å²) in [5.41, 5.74) is 2.12. The largest absolute Gasteiger partial charge is 0.336 e. The van der Waals surface area contributed by atoms with Crippen LogP contribution in [0.25, 0.3) is 11.3 Å². The van der Waals surface area contributed by atoms with Gasteiger partial charge in [0.25, 0.3) is 5.91 Å². The van der Waals surface area contributed by atoms with E-state index in [0.29, 0.717) is 21.8 Å². The Kier molecular flexibility index (Phi) is 6.14. The highest BCUT2D eigenvalue weighted by Gasteiger charge is 2.31. The Morgan fingerprint density at radius 1 is 1.03 bits per heavy atom. The van der Waals surface area contributed by atoms with Crippen molar-refractivity contribution >= 4 is 33.3 Å². The summed E-state index contributed by atoms with van der Waals surface area (Å²) in [6.07, 6.45) is 1.47. The Balaban J connectivity index is 1.48. The average Bonchev–Trinajstić information content (AvgIpc) is 3.29. The molecule has 0 bridgehead atoms. The molecule has 0 saturated carbocycles. The van der Waals surface area contributed by atoms with Crippen molar-refractivity contribution in [3.63, 3.8) is 0 Å². The highest BCUT2D eigenvalue weighted by molar-refractivity contribution is 7.89. The maximum Gasteiger partial charge on any atom is 0.257 e. The summed E-state index contributed by atoms with van der Waals surface area (Å²) in [5.74, 6) is -0.423. The second-order valence-electron chi connectivity index (χ2n) is 7.45. The van der Waals surface area contributed by atoms with Gasteiger partial charge in [-0.1, -0.05) is 35.9 Å². The van der Waals surface area contributed by atoms with Crippen molar-refractivity contribution < 1.29 is 18.0 Å². The van der Waals surface area contributed by atoms with Crippen LogP contribution < -0.4 is 0 Å². The van der Waals surface area contributed by atoms with E-state index in [0.717, 1.165) is 5.56 Å². The summed E-state index contributed by atoms with van der Waals surface area (Å²) >= 11 is 5.94. The van der Waals surface area contributed by atoms with Gasteiger partial charge in [0.2, 0.25) is 10.0 Å². The smallest absolute Gasteiger partial charge is 0.257 e. The van der Waals surface area contributed by atoms with Crippen LogP contribution in [0.15, 0.2) is 59.6 Å². The minimum absolute atomic E-state index is 0.0739. The van der Waals surface area contributed by atoms with E-state index in [2.05, 4.69) is 10.2 Å². The molecule has 1 saturated heterocycles. The Labute approximate surface area is 190 Å². The number of carbonyl (C=O) groups excluding carboxylic acids is 2. The third-order valence-corrected chi connectivity index (χ3v) is 7.55. The number of nitrogens with one attached hydrogen (secondary N) is 1. The van der Waals surface area contributed by atoms with Gasteiger partial charge in [-0.3, -0.25) is 14.7 Å². The molecule has 8 nitrogen and oxygen atoms in total. The van der Waals surface area contributed by atoms with Gasteiger partial charge in [0.05, 0.1) is 22.3 Å². The number of benzene rings is 2. The molecule has 0 aliphatic carbocycles. The van der Waals surface area contributed by atoms with Gasteiger partial charge in [-0.25, -0.2) is 8.42 Å². The molecule has 0 radical (unpaired) electrons. The van der Waals surface area contributed by atoms with Crippen molar-refractivity contribution in [2.75, 3.05) is 26.2 Å². The number of H-pyrrole nitrogens is 1. The maximum atomic E-state index is 13.1. The molecule has 2 heterocycles. The first-order valence-electron chi connectivity index (χ1n) is 9.97. The molecule has 1 fully saturated rings. The van der Waals surface area contributed by atoms with Crippen LogP contribution in [-0.2, 0) is 10.0 Å². The first-order chi connectivity index (χ1) is 15.3. The monoisotopic (exact) mass is 472 g/mol. The van der Waals surface area contributed by atoms with Gasteiger partial charge in [-0.05, 0) is 31.2 Å². The third-order valence-electron chi connectivity index (χ3n) is 5.41. The van der Waals surface area contributed by atoms with Gasteiger partial charge in [0.1, 0.15) is 0 Å². The van der Waals surface area contributed by atoms with Gasteiger partial charge in [-0.15, -0.1) is 0 Å². The minimum atomic E-state index is -3.76. The average molecular weight is 473 g/mol. The number of ketones is 1. The number of carbonyl (C=O) groups is 2. The quantitative estimate of drug-likeness (QED) is 0.575. The number of amides is 1. The molecule has 1 N–H and O–H groups in total. The van der Waals surface area contributed by atoms with E-state index < -0.39 is 10.0 Å². The van der Waals surface area contributed by atoms with Gasteiger partial charge in [0.15, 0.2) is 5.78 Å². The molecule has 10 heteroatoms. The van der Waals surface area contributed by atoms with Crippen LogP contribution >= 0.6 is 11.6 Å². The summed E-state index contributed by atoms with van der Waals surface area (Å²) < 4.78 is 27.4. The number of halogens is 1. The number of aromatic nitrogens is 2. The van der Waals surface area contributed by atoms with Gasteiger partial charge < -0.3 is 4.90 Å². The molecule has 1 aliphatic rings. The van der Waals surface area contributed by atoms with E-state index in [9.17, 15) is 18.0 Å². The Bertz CT molecular complexity index is 1260. The minimum Gasteiger partial charge on any atom is -0.336 e. The van der Waals surface area contributed by atoms with Crippen LogP contribution in [0.1, 0.15) is 27.6 Å². The molecule has 3 aromatic rings. The first kappa shape index (κ1) is 22.2. The lowest BCUT2D eigenvalue weighted by Gasteiger charge is -2.34. The molecule has 1 aromatic heterocycles. The second-order valence-corrected chi connectivity index (χ2v) is 9.82. The van der Waals surface area contributed by atoms with E-state index in [4.69, 9.17) is 11.6 Å². The van der Waals surface area contributed by atoms with E-state index in [1.54, 1.807) is 41.3 Å².